The number of anilines is 1. The molecule has 0 saturated heterocycles. The van der Waals surface area contributed by atoms with Gasteiger partial charge in [0.05, 0.1) is 9.37 Å². The average molecular weight is 474 g/mol. The number of ether oxygens (including phenoxy) is 1. The Morgan fingerprint density at radius 1 is 1.30 bits per heavy atom. The lowest BCUT2D eigenvalue weighted by Crippen LogP contribution is -2.30. The quantitative estimate of drug-likeness (QED) is 0.568. The molecule has 0 aliphatic heterocycles. The number of rotatable bonds is 8. The van der Waals surface area contributed by atoms with E-state index in [-0.39, 0.29) is 17.3 Å². The molecule has 0 bridgehead atoms. The van der Waals surface area contributed by atoms with Crippen molar-refractivity contribution in [3.8, 4) is 5.75 Å². The van der Waals surface area contributed by atoms with Crippen LogP contribution in [-0.2, 0) is 14.8 Å². The van der Waals surface area contributed by atoms with Gasteiger partial charge >= 0.3 is 0 Å². The molecule has 1 unspecified atom stereocenters. The number of hydrogen-bond donors (Lipinski definition) is 2. The van der Waals surface area contributed by atoms with Crippen molar-refractivity contribution in [2.75, 3.05) is 11.9 Å². The maximum atomic E-state index is 12.3. The summed E-state index contributed by atoms with van der Waals surface area (Å²) < 4.78 is 32.7. The minimum atomic E-state index is -3.61. The third kappa shape index (κ3) is 6.07. The van der Waals surface area contributed by atoms with Crippen molar-refractivity contribution in [2.24, 2.45) is 0 Å². The maximum absolute atomic E-state index is 12.3. The van der Waals surface area contributed by atoms with E-state index < -0.39 is 16.1 Å². The molecule has 1 amide bonds. The van der Waals surface area contributed by atoms with E-state index in [4.69, 9.17) is 16.3 Å². The Bertz CT molecular complexity index is 933. The molecule has 27 heavy (non-hydrogen) atoms. The molecule has 1 atom stereocenters. The number of nitrogens with one attached hydrogen (secondary N) is 2. The van der Waals surface area contributed by atoms with Crippen LogP contribution in [0.4, 0.5) is 5.69 Å². The van der Waals surface area contributed by atoms with Crippen molar-refractivity contribution in [3.63, 3.8) is 0 Å². The first-order chi connectivity index (χ1) is 12.7. The van der Waals surface area contributed by atoms with Gasteiger partial charge in [-0.2, -0.15) is 0 Å². The zero-order valence-electron chi connectivity index (χ0n) is 14.4. The molecular weight excluding hydrogens is 456 g/mol. The van der Waals surface area contributed by atoms with Crippen LogP contribution in [0, 0.1) is 0 Å². The Morgan fingerprint density at radius 3 is 2.56 bits per heavy atom. The highest BCUT2D eigenvalue weighted by Gasteiger charge is 2.17. The summed E-state index contributed by atoms with van der Waals surface area (Å²) in [6.45, 7) is 5.20. The minimum Gasteiger partial charge on any atom is -0.480 e. The smallest absolute Gasteiger partial charge is 0.265 e. The summed E-state index contributed by atoms with van der Waals surface area (Å²) in [6, 6.07) is 10.8. The summed E-state index contributed by atoms with van der Waals surface area (Å²) >= 11 is 9.21. The second-order valence-corrected chi connectivity index (χ2v) is 8.55. The number of amides is 1. The van der Waals surface area contributed by atoms with Crippen molar-refractivity contribution >= 4 is 49.1 Å². The number of halogens is 2. The standard InChI is InChI=1S/C18H18BrClN2O4S/c1-3-10-21-27(24,25)15-7-5-14(6-8-15)22-18(23)12(2)26-17-9-4-13(20)11-16(17)19/h3-9,11-12,21H,1,10H2,2H3,(H,22,23). The van der Waals surface area contributed by atoms with Gasteiger partial charge in [0, 0.05) is 17.3 Å². The van der Waals surface area contributed by atoms with Gasteiger partial charge in [-0.3, -0.25) is 4.79 Å². The fraction of sp³-hybridized carbons (Fsp3) is 0.167. The van der Waals surface area contributed by atoms with E-state index in [2.05, 4.69) is 32.5 Å². The molecule has 2 aromatic rings. The summed E-state index contributed by atoms with van der Waals surface area (Å²) in [6.07, 6.45) is 0.673. The van der Waals surface area contributed by atoms with Crippen molar-refractivity contribution in [3.05, 3.63) is 64.6 Å². The number of sulfonamides is 1. The van der Waals surface area contributed by atoms with Crippen molar-refractivity contribution in [1.82, 2.24) is 4.72 Å². The van der Waals surface area contributed by atoms with Crippen molar-refractivity contribution in [2.45, 2.75) is 17.9 Å². The minimum absolute atomic E-state index is 0.0942. The summed E-state index contributed by atoms with van der Waals surface area (Å²) in [5.74, 6) is 0.106. The summed E-state index contributed by atoms with van der Waals surface area (Å²) in [7, 11) is -3.61. The molecule has 0 spiro atoms. The van der Waals surface area contributed by atoms with E-state index in [1.807, 2.05) is 0 Å². The summed E-state index contributed by atoms with van der Waals surface area (Å²) in [4.78, 5) is 12.4. The Balaban J connectivity index is 2.01. The molecular formula is C18H18BrClN2O4S. The molecule has 0 heterocycles. The SMILES string of the molecule is C=CCNS(=O)(=O)c1ccc(NC(=O)C(C)Oc2ccc(Cl)cc2Br)cc1. The first-order valence-electron chi connectivity index (χ1n) is 7.86. The highest BCUT2D eigenvalue weighted by atomic mass is 79.9. The molecule has 0 aromatic heterocycles. The van der Waals surface area contributed by atoms with Crippen molar-refractivity contribution < 1.29 is 17.9 Å². The number of carbonyl (C=O) groups is 1. The molecule has 2 N–H and O–H groups in total. The molecule has 0 aliphatic carbocycles. The normalized spacial score (nSPS) is 12.3. The monoisotopic (exact) mass is 472 g/mol. The van der Waals surface area contributed by atoms with Gasteiger partial charge in [-0.15, -0.1) is 6.58 Å². The molecule has 0 aliphatic rings. The van der Waals surface area contributed by atoms with Crippen LogP contribution in [0.25, 0.3) is 0 Å². The number of carbonyl (C=O) groups excluding carboxylic acids is 1. The number of hydrogen-bond acceptors (Lipinski definition) is 4. The van der Waals surface area contributed by atoms with Gasteiger partial charge in [0.1, 0.15) is 5.75 Å². The highest BCUT2D eigenvalue weighted by Crippen LogP contribution is 2.29. The van der Waals surface area contributed by atoms with Crippen LogP contribution in [0.5, 0.6) is 5.75 Å². The second kappa shape index (κ2) is 9.36. The Labute approximate surface area is 171 Å². The van der Waals surface area contributed by atoms with E-state index in [1.54, 1.807) is 25.1 Å². The highest BCUT2D eigenvalue weighted by molar-refractivity contribution is 9.10. The molecule has 2 aromatic carbocycles. The van der Waals surface area contributed by atoms with Gasteiger partial charge in [0.2, 0.25) is 10.0 Å². The zero-order valence-corrected chi connectivity index (χ0v) is 17.6. The molecule has 144 valence electrons. The van der Waals surface area contributed by atoms with Crippen LogP contribution in [0.15, 0.2) is 64.5 Å². The van der Waals surface area contributed by atoms with E-state index in [1.165, 1.54) is 30.3 Å². The lowest BCUT2D eigenvalue weighted by atomic mass is 10.3. The third-order valence-electron chi connectivity index (χ3n) is 3.42. The van der Waals surface area contributed by atoms with Crippen LogP contribution in [0.1, 0.15) is 6.92 Å². The first-order valence-corrected chi connectivity index (χ1v) is 10.5. The summed E-state index contributed by atoms with van der Waals surface area (Å²) in [5.41, 5.74) is 0.452. The predicted molar refractivity (Wildman–Crippen MR) is 110 cm³/mol. The average Bonchev–Trinajstić information content (AvgIpc) is 2.62. The van der Waals surface area contributed by atoms with Crippen LogP contribution < -0.4 is 14.8 Å². The van der Waals surface area contributed by atoms with E-state index in [0.717, 1.165) is 0 Å². The Morgan fingerprint density at radius 2 is 1.96 bits per heavy atom. The van der Waals surface area contributed by atoms with Gasteiger partial charge in [-0.25, -0.2) is 13.1 Å². The molecule has 6 nitrogen and oxygen atoms in total. The lowest BCUT2D eigenvalue weighted by molar-refractivity contribution is -0.122. The van der Waals surface area contributed by atoms with Crippen LogP contribution in [-0.4, -0.2) is 27.0 Å². The Hall–Kier alpha value is -1.87. The lowest BCUT2D eigenvalue weighted by Gasteiger charge is -2.16. The molecule has 0 radical (unpaired) electrons. The van der Waals surface area contributed by atoms with Crippen molar-refractivity contribution in [1.29, 1.82) is 0 Å². The predicted octanol–water partition coefficient (Wildman–Crippen LogP) is 3.97. The largest absolute Gasteiger partial charge is 0.480 e. The third-order valence-corrected chi connectivity index (χ3v) is 5.71. The van der Waals surface area contributed by atoms with E-state index in [9.17, 15) is 13.2 Å². The first kappa shape index (κ1) is 21.4. The van der Waals surface area contributed by atoms with Gasteiger partial charge < -0.3 is 10.1 Å². The van der Waals surface area contributed by atoms with Gasteiger partial charge in [-0.05, 0) is 65.3 Å². The fourth-order valence-corrected chi connectivity index (χ4v) is 3.80. The molecule has 0 fully saturated rings. The topological polar surface area (TPSA) is 84.5 Å². The van der Waals surface area contributed by atoms with Gasteiger partial charge in [-0.1, -0.05) is 17.7 Å². The van der Waals surface area contributed by atoms with Crippen LogP contribution in [0.2, 0.25) is 5.02 Å². The van der Waals surface area contributed by atoms with Crippen LogP contribution >= 0.6 is 27.5 Å². The van der Waals surface area contributed by atoms with Gasteiger partial charge in [0.15, 0.2) is 6.10 Å². The zero-order chi connectivity index (χ0) is 20.0. The van der Waals surface area contributed by atoms with E-state index >= 15 is 0 Å². The number of benzene rings is 2. The fourth-order valence-electron chi connectivity index (χ4n) is 2.03. The maximum Gasteiger partial charge on any atom is 0.265 e. The Kier molecular flexibility index (Phi) is 7.43. The second-order valence-electron chi connectivity index (χ2n) is 5.49. The van der Waals surface area contributed by atoms with Gasteiger partial charge in [0.25, 0.3) is 5.91 Å². The summed E-state index contributed by atoms with van der Waals surface area (Å²) in [5, 5.41) is 3.22. The molecule has 0 saturated carbocycles. The molecule has 9 heteroatoms. The van der Waals surface area contributed by atoms with E-state index in [0.29, 0.717) is 20.9 Å². The van der Waals surface area contributed by atoms with Crippen LogP contribution in [0.3, 0.4) is 0 Å². The molecule has 2 rings (SSSR count).